The van der Waals surface area contributed by atoms with E-state index < -0.39 is 0 Å². The highest BCUT2D eigenvalue weighted by Crippen LogP contribution is 2.23. The number of hydrogen-bond donors (Lipinski definition) is 1. The van der Waals surface area contributed by atoms with E-state index in [0.717, 1.165) is 23.5 Å². The maximum Gasteiger partial charge on any atom is 0.256 e. The molecule has 7 heteroatoms. The summed E-state index contributed by atoms with van der Waals surface area (Å²) in [5.41, 5.74) is 3.76. The van der Waals surface area contributed by atoms with Gasteiger partial charge < -0.3 is 5.32 Å². The van der Waals surface area contributed by atoms with E-state index in [4.69, 9.17) is 0 Å². The van der Waals surface area contributed by atoms with Gasteiger partial charge in [0, 0.05) is 31.5 Å². The number of aryl methyl sites for hydroxylation is 2. The van der Waals surface area contributed by atoms with Gasteiger partial charge in [-0.25, -0.2) is 9.50 Å². The Labute approximate surface area is 121 Å². The molecule has 0 spiro atoms. The second-order valence-electron chi connectivity index (χ2n) is 4.69. The van der Waals surface area contributed by atoms with Gasteiger partial charge >= 0.3 is 0 Å². The van der Waals surface area contributed by atoms with Gasteiger partial charge in [-0.15, -0.1) is 0 Å². The van der Waals surface area contributed by atoms with Crippen LogP contribution < -0.4 is 5.32 Å². The first-order chi connectivity index (χ1) is 10.2. The van der Waals surface area contributed by atoms with Crippen molar-refractivity contribution < 1.29 is 4.79 Å². The average molecular weight is 284 g/mol. The summed E-state index contributed by atoms with van der Waals surface area (Å²) in [6.45, 7) is 4.80. The summed E-state index contributed by atoms with van der Waals surface area (Å²) in [4.78, 5) is 16.1. The fourth-order valence-corrected chi connectivity index (χ4v) is 2.32. The van der Waals surface area contributed by atoms with Gasteiger partial charge in [0.2, 0.25) is 0 Å². The van der Waals surface area contributed by atoms with E-state index >= 15 is 0 Å². The second kappa shape index (κ2) is 5.01. The molecule has 108 valence electrons. The Morgan fingerprint density at radius 2 is 2.24 bits per heavy atom. The molecule has 0 bridgehead atoms. The van der Waals surface area contributed by atoms with Crippen molar-refractivity contribution in [1.29, 1.82) is 0 Å². The first-order valence-electron chi connectivity index (χ1n) is 6.75. The Morgan fingerprint density at radius 1 is 1.43 bits per heavy atom. The highest BCUT2D eigenvalue weighted by Gasteiger charge is 2.16. The summed E-state index contributed by atoms with van der Waals surface area (Å²) in [6.07, 6.45) is 5.19. The maximum atomic E-state index is 11.8. The van der Waals surface area contributed by atoms with Crippen LogP contribution in [-0.4, -0.2) is 37.3 Å². The van der Waals surface area contributed by atoms with Gasteiger partial charge in [0.25, 0.3) is 5.91 Å². The quantitative estimate of drug-likeness (QED) is 0.786. The largest absolute Gasteiger partial charge is 0.355 e. The van der Waals surface area contributed by atoms with Gasteiger partial charge in [-0.1, -0.05) is 0 Å². The van der Waals surface area contributed by atoms with E-state index in [-0.39, 0.29) is 5.91 Å². The van der Waals surface area contributed by atoms with Gasteiger partial charge in [0.05, 0.1) is 17.6 Å². The summed E-state index contributed by atoms with van der Waals surface area (Å²) in [5.74, 6) is -0.198. The minimum atomic E-state index is -0.198. The third kappa shape index (κ3) is 2.06. The fraction of sp³-hybridized carbons (Fsp3) is 0.286. The number of fused-ring (bicyclic) bond motifs is 1. The molecular formula is C14H16N6O. The molecule has 0 radical (unpaired) electrons. The zero-order valence-electron chi connectivity index (χ0n) is 12.2. The van der Waals surface area contributed by atoms with Crippen molar-refractivity contribution in [2.75, 3.05) is 7.05 Å². The summed E-state index contributed by atoms with van der Waals surface area (Å²) >= 11 is 0. The smallest absolute Gasteiger partial charge is 0.256 e. The third-order valence-electron chi connectivity index (χ3n) is 3.42. The number of hydrogen-bond acceptors (Lipinski definition) is 4. The Balaban J connectivity index is 2.22. The van der Waals surface area contributed by atoms with Gasteiger partial charge in [-0.3, -0.25) is 9.48 Å². The fourth-order valence-electron chi connectivity index (χ4n) is 2.32. The maximum absolute atomic E-state index is 11.8. The van der Waals surface area contributed by atoms with Crippen molar-refractivity contribution in [2.45, 2.75) is 20.4 Å². The number of carbonyl (C=O) groups is 1. The van der Waals surface area contributed by atoms with Crippen molar-refractivity contribution in [2.24, 2.45) is 0 Å². The highest BCUT2D eigenvalue weighted by molar-refractivity contribution is 5.99. The van der Waals surface area contributed by atoms with Crippen LogP contribution >= 0.6 is 0 Å². The predicted molar refractivity (Wildman–Crippen MR) is 78.0 cm³/mol. The molecule has 3 heterocycles. The van der Waals surface area contributed by atoms with Crippen molar-refractivity contribution in [3.63, 3.8) is 0 Å². The van der Waals surface area contributed by atoms with Crippen molar-refractivity contribution in [3.8, 4) is 11.3 Å². The average Bonchev–Trinajstić information content (AvgIpc) is 3.09. The van der Waals surface area contributed by atoms with Crippen LogP contribution in [0.5, 0.6) is 0 Å². The second-order valence-corrected chi connectivity index (χ2v) is 4.69. The zero-order chi connectivity index (χ0) is 15.0. The van der Waals surface area contributed by atoms with Crippen molar-refractivity contribution in [1.82, 2.24) is 29.7 Å². The molecule has 1 amide bonds. The number of rotatable bonds is 3. The normalized spacial score (nSPS) is 11.0. The topological polar surface area (TPSA) is 77.1 Å². The van der Waals surface area contributed by atoms with Crippen LogP contribution in [0.3, 0.4) is 0 Å². The number of nitrogens with one attached hydrogen (secondary N) is 1. The molecule has 0 aliphatic carbocycles. The minimum absolute atomic E-state index is 0.198. The van der Waals surface area contributed by atoms with E-state index in [2.05, 4.69) is 20.5 Å². The van der Waals surface area contributed by atoms with E-state index in [1.54, 1.807) is 17.8 Å². The summed E-state index contributed by atoms with van der Waals surface area (Å²) in [5, 5.41) is 11.3. The molecule has 0 aliphatic rings. The first kappa shape index (κ1) is 13.3. The summed E-state index contributed by atoms with van der Waals surface area (Å²) < 4.78 is 3.55. The molecule has 0 aliphatic heterocycles. The SMILES string of the molecule is CCn1cc(-c2ccnc3c(C(=O)NC)cnn23)c(C)n1. The number of amides is 1. The lowest BCUT2D eigenvalue weighted by molar-refractivity contribution is 0.0964. The van der Waals surface area contributed by atoms with Crippen LogP contribution in [0.2, 0.25) is 0 Å². The van der Waals surface area contributed by atoms with Gasteiger partial charge in [0.1, 0.15) is 5.56 Å². The molecule has 0 saturated carbocycles. The van der Waals surface area contributed by atoms with E-state index in [9.17, 15) is 4.79 Å². The molecule has 0 fully saturated rings. The Morgan fingerprint density at radius 3 is 2.90 bits per heavy atom. The van der Waals surface area contributed by atoms with Gasteiger partial charge in [-0.2, -0.15) is 10.2 Å². The van der Waals surface area contributed by atoms with Gasteiger partial charge in [-0.05, 0) is 19.9 Å². The molecule has 0 saturated heterocycles. The molecule has 0 unspecified atom stereocenters. The molecular weight excluding hydrogens is 268 g/mol. The van der Waals surface area contributed by atoms with E-state index in [1.165, 1.54) is 6.20 Å². The van der Waals surface area contributed by atoms with Gasteiger partial charge in [0.15, 0.2) is 5.65 Å². The molecule has 0 aromatic carbocycles. The predicted octanol–water partition coefficient (Wildman–Crippen LogP) is 1.28. The van der Waals surface area contributed by atoms with Crippen LogP contribution in [0.1, 0.15) is 23.0 Å². The van der Waals surface area contributed by atoms with Crippen LogP contribution in [0.25, 0.3) is 16.9 Å². The molecule has 1 N–H and O–H groups in total. The van der Waals surface area contributed by atoms with Crippen molar-refractivity contribution in [3.05, 3.63) is 35.9 Å². The third-order valence-corrected chi connectivity index (χ3v) is 3.42. The standard InChI is InChI=1S/C14H16N6O/c1-4-19-8-11(9(2)18-19)12-5-6-16-13-10(14(21)15-3)7-17-20(12)13/h5-8H,4H2,1-3H3,(H,15,21). The Bertz CT molecular complexity index is 816. The Kier molecular flexibility index (Phi) is 3.17. The minimum Gasteiger partial charge on any atom is -0.355 e. The lowest BCUT2D eigenvalue weighted by Crippen LogP contribution is -2.17. The van der Waals surface area contributed by atoms with E-state index in [0.29, 0.717) is 11.2 Å². The summed E-state index contributed by atoms with van der Waals surface area (Å²) in [6, 6.07) is 1.87. The molecule has 21 heavy (non-hydrogen) atoms. The number of carbonyl (C=O) groups excluding carboxylic acids is 1. The van der Waals surface area contributed by atoms with Crippen molar-refractivity contribution >= 4 is 11.6 Å². The van der Waals surface area contributed by atoms with Crippen LogP contribution in [0, 0.1) is 6.92 Å². The van der Waals surface area contributed by atoms with Crippen LogP contribution in [0.4, 0.5) is 0 Å². The monoisotopic (exact) mass is 284 g/mol. The van der Waals surface area contributed by atoms with Crippen LogP contribution in [0.15, 0.2) is 24.7 Å². The molecule has 3 aromatic heterocycles. The molecule has 3 aromatic rings. The van der Waals surface area contributed by atoms with E-state index in [1.807, 2.05) is 30.8 Å². The zero-order valence-corrected chi connectivity index (χ0v) is 12.2. The first-order valence-corrected chi connectivity index (χ1v) is 6.75. The Hall–Kier alpha value is -2.70. The highest BCUT2D eigenvalue weighted by atomic mass is 16.1. The van der Waals surface area contributed by atoms with Crippen LogP contribution in [-0.2, 0) is 6.54 Å². The summed E-state index contributed by atoms with van der Waals surface area (Å²) in [7, 11) is 1.59. The molecule has 7 nitrogen and oxygen atoms in total. The lowest BCUT2D eigenvalue weighted by atomic mass is 10.2. The lowest BCUT2D eigenvalue weighted by Gasteiger charge is -2.03. The number of nitrogens with zero attached hydrogens (tertiary/aromatic N) is 5. The molecule has 3 rings (SSSR count). The number of aromatic nitrogens is 5. The molecule has 0 atom stereocenters.